The Balaban J connectivity index is 2.68. The van der Waals surface area contributed by atoms with Crippen molar-refractivity contribution < 1.29 is 14.6 Å². The van der Waals surface area contributed by atoms with E-state index in [-0.39, 0.29) is 6.42 Å². The van der Waals surface area contributed by atoms with Crippen LogP contribution in [0.1, 0.15) is 18.9 Å². The van der Waals surface area contributed by atoms with Crippen molar-refractivity contribution >= 4 is 5.97 Å². The van der Waals surface area contributed by atoms with Gasteiger partial charge in [0.15, 0.2) is 0 Å². The smallest absolute Gasteiger partial charge is 0.122 e. The summed E-state index contributed by atoms with van der Waals surface area (Å²) >= 11 is 0. The van der Waals surface area contributed by atoms with Crippen molar-refractivity contribution in [3.05, 3.63) is 29.8 Å². The molecule has 76 valence electrons. The standard InChI is InChI=1S/C11H14O3/c1-2-14-10-6-4-3-5-9(10)7-8-11(12)13/h3-6H,2,7-8H2,1H3,(H,12,13)/p-1. The highest BCUT2D eigenvalue weighted by atomic mass is 16.5. The molecule has 0 aromatic heterocycles. The minimum Gasteiger partial charge on any atom is -0.550 e. The molecule has 0 radical (unpaired) electrons. The van der Waals surface area contributed by atoms with Crippen LogP contribution in [0.15, 0.2) is 24.3 Å². The Hall–Kier alpha value is -1.51. The number of carbonyl (C=O) groups is 1. The fourth-order valence-electron chi connectivity index (χ4n) is 1.24. The third-order valence-corrected chi connectivity index (χ3v) is 1.87. The van der Waals surface area contributed by atoms with Crippen LogP contribution in [0.25, 0.3) is 0 Å². The van der Waals surface area contributed by atoms with E-state index in [4.69, 9.17) is 4.74 Å². The lowest BCUT2D eigenvalue weighted by atomic mass is 10.1. The molecule has 3 nitrogen and oxygen atoms in total. The SMILES string of the molecule is CCOc1ccccc1CCC(=O)[O-]. The van der Waals surface area contributed by atoms with Gasteiger partial charge in [-0.15, -0.1) is 0 Å². The van der Waals surface area contributed by atoms with Crippen molar-refractivity contribution in [3.63, 3.8) is 0 Å². The molecule has 1 aromatic rings. The number of rotatable bonds is 5. The lowest BCUT2D eigenvalue weighted by Gasteiger charge is -2.09. The molecular weight excluding hydrogens is 180 g/mol. The van der Waals surface area contributed by atoms with Crippen LogP contribution < -0.4 is 9.84 Å². The average molecular weight is 193 g/mol. The minimum absolute atomic E-state index is 0.0318. The third kappa shape index (κ3) is 3.09. The molecule has 0 heterocycles. The van der Waals surface area contributed by atoms with Gasteiger partial charge in [-0.3, -0.25) is 0 Å². The highest BCUT2D eigenvalue weighted by Crippen LogP contribution is 2.19. The van der Waals surface area contributed by atoms with E-state index < -0.39 is 5.97 Å². The molecule has 0 saturated carbocycles. The van der Waals surface area contributed by atoms with E-state index in [1.165, 1.54) is 0 Å². The maximum atomic E-state index is 10.3. The zero-order chi connectivity index (χ0) is 10.4. The van der Waals surface area contributed by atoms with Crippen molar-refractivity contribution in [2.75, 3.05) is 6.61 Å². The summed E-state index contributed by atoms with van der Waals surface area (Å²) in [5, 5.41) is 10.3. The molecule has 0 spiro atoms. The number of hydrogen-bond acceptors (Lipinski definition) is 3. The van der Waals surface area contributed by atoms with Gasteiger partial charge in [-0.05, 0) is 31.4 Å². The molecule has 0 amide bonds. The van der Waals surface area contributed by atoms with Gasteiger partial charge in [-0.1, -0.05) is 18.2 Å². The van der Waals surface area contributed by atoms with Crippen molar-refractivity contribution in [1.29, 1.82) is 0 Å². The number of carbonyl (C=O) groups excluding carboxylic acids is 1. The first-order valence-electron chi connectivity index (χ1n) is 4.64. The van der Waals surface area contributed by atoms with Gasteiger partial charge in [-0.2, -0.15) is 0 Å². The van der Waals surface area contributed by atoms with Crippen LogP contribution in [-0.4, -0.2) is 12.6 Å². The van der Waals surface area contributed by atoms with Gasteiger partial charge in [0.25, 0.3) is 0 Å². The molecular formula is C11H13O3-. The molecule has 0 fully saturated rings. The Labute approximate surface area is 83.3 Å². The first kappa shape index (κ1) is 10.6. The fraction of sp³-hybridized carbons (Fsp3) is 0.364. The second-order valence-electron chi connectivity index (χ2n) is 2.91. The van der Waals surface area contributed by atoms with Crippen LogP contribution in [0.5, 0.6) is 5.75 Å². The molecule has 1 rings (SSSR count). The molecule has 0 N–H and O–H groups in total. The van der Waals surface area contributed by atoms with E-state index in [0.717, 1.165) is 11.3 Å². The lowest BCUT2D eigenvalue weighted by molar-refractivity contribution is -0.305. The van der Waals surface area contributed by atoms with Crippen LogP contribution in [0.2, 0.25) is 0 Å². The number of aliphatic carboxylic acids is 1. The Morgan fingerprint density at radius 1 is 1.43 bits per heavy atom. The van der Waals surface area contributed by atoms with E-state index in [2.05, 4.69) is 0 Å². The monoisotopic (exact) mass is 193 g/mol. The van der Waals surface area contributed by atoms with Crippen LogP contribution in [-0.2, 0) is 11.2 Å². The van der Waals surface area contributed by atoms with Crippen molar-refractivity contribution in [2.24, 2.45) is 0 Å². The zero-order valence-corrected chi connectivity index (χ0v) is 8.16. The summed E-state index contributed by atoms with van der Waals surface area (Å²) in [7, 11) is 0. The van der Waals surface area contributed by atoms with Crippen LogP contribution in [0.3, 0.4) is 0 Å². The largest absolute Gasteiger partial charge is 0.550 e. The van der Waals surface area contributed by atoms with Crippen LogP contribution in [0, 0.1) is 0 Å². The number of ether oxygens (including phenoxy) is 1. The minimum atomic E-state index is -1.03. The molecule has 0 unspecified atom stereocenters. The second kappa shape index (κ2) is 5.27. The summed E-state index contributed by atoms with van der Waals surface area (Å²) in [6, 6.07) is 7.45. The van der Waals surface area contributed by atoms with Crippen LogP contribution >= 0.6 is 0 Å². The molecule has 0 bridgehead atoms. The van der Waals surface area contributed by atoms with Gasteiger partial charge in [0, 0.05) is 5.97 Å². The van der Waals surface area contributed by atoms with Crippen molar-refractivity contribution in [3.8, 4) is 5.75 Å². The van der Waals surface area contributed by atoms with Gasteiger partial charge in [0.1, 0.15) is 5.75 Å². The van der Waals surface area contributed by atoms with E-state index in [1.54, 1.807) is 0 Å². The number of para-hydroxylation sites is 1. The van der Waals surface area contributed by atoms with Gasteiger partial charge < -0.3 is 14.6 Å². The van der Waals surface area contributed by atoms with Gasteiger partial charge in [0.2, 0.25) is 0 Å². The molecule has 14 heavy (non-hydrogen) atoms. The van der Waals surface area contributed by atoms with E-state index in [0.29, 0.717) is 13.0 Å². The normalized spacial score (nSPS) is 9.79. The highest BCUT2D eigenvalue weighted by molar-refractivity contribution is 5.64. The first-order valence-corrected chi connectivity index (χ1v) is 4.64. The zero-order valence-electron chi connectivity index (χ0n) is 8.16. The topological polar surface area (TPSA) is 49.4 Å². The predicted molar refractivity (Wildman–Crippen MR) is 50.9 cm³/mol. The molecule has 0 atom stereocenters. The Kier molecular flexibility index (Phi) is 3.98. The fourth-order valence-corrected chi connectivity index (χ4v) is 1.24. The van der Waals surface area contributed by atoms with E-state index in [1.807, 2.05) is 31.2 Å². The third-order valence-electron chi connectivity index (χ3n) is 1.87. The summed E-state index contributed by atoms with van der Waals surface area (Å²) in [6.45, 7) is 2.48. The molecule has 3 heteroatoms. The van der Waals surface area contributed by atoms with Crippen molar-refractivity contribution in [1.82, 2.24) is 0 Å². The van der Waals surface area contributed by atoms with Crippen molar-refractivity contribution in [2.45, 2.75) is 19.8 Å². The maximum absolute atomic E-state index is 10.3. The first-order chi connectivity index (χ1) is 6.74. The molecule has 0 aliphatic rings. The summed E-state index contributed by atoms with van der Waals surface area (Å²) < 4.78 is 5.36. The number of carboxylic acid groups (broad SMARTS) is 1. The summed E-state index contributed by atoms with van der Waals surface area (Å²) in [5.74, 6) is -0.271. The number of aryl methyl sites for hydroxylation is 1. The molecule has 0 aliphatic heterocycles. The predicted octanol–water partition coefficient (Wildman–Crippen LogP) is 0.768. The van der Waals surface area contributed by atoms with Crippen LogP contribution in [0.4, 0.5) is 0 Å². The van der Waals surface area contributed by atoms with Gasteiger partial charge in [-0.25, -0.2) is 0 Å². The number of carboxylic acids is 1. The maximum Gasteiger partial charge on any atom is 0.122 e. The Morgan fingerprint density at radius 3 is 2.79 bits per heavy atom. The van der Waals surface area contributed by atoms with E-state index in [9.17, 15) is 9.90 Å². The summed E-state index contributed by atoms with van der Waals surface area (Å²) in [4.78, 5) is 10.3. The average Bonchev–Trinajstić information content (AvgIpc) is 2.17. The highest BCUT2D eigenvalue weighted by Gasteiger charge is 2.01. The van der Waals surface area contributed by atoms with Gasteiger partial charge in [0.05, 0.1) is 6.61 Å². The molecule has 1 aromatic carbocycles. The van der Waals surface area contributed by atoms with Gasteiger partial charge >= 0.3 is 0 Å². The second-order valence-corrected chi connectivity index (χ2v) is 2.91. The molecule has 0 aliphatic carbocycles. The Morgan fingerprint density at radius 2 is 2.14 bits per heavy atom. The molecule has 0 saturated heterocycles. The number of hydrogen-bond donors (Lipinski definition) is 0. The van der Waals surface area contributed by atoms with E-state index >= 15 is 0 Å². The Bertz CT molecular complexity index is 307. The quantitative estimate of drug-likeness (QED) is 0.694. The number of benzene rings is 1. The lowest BCUT2D eigenvalue weighted by Crippen LogP contribution is -2.22. The summed E-state index contributed by atoms with van der Waals surface area (Å²) in [6.07, 6.45) is 0.489. The summed E-state index contributed by atoms with van der Waals surface area (Å²) in [5.41, 5.74) is 0.915.